The average Bonchev–Trinajstić information content (AvgIpc) is 2.32. The predicted molar refractivity (Wildman–Crippen MR) is 60.4 cm³/mol. The van der Waals surface area contributed by atoms with Crippen LogP contribution in [0.3, 0.4) is 0 Å². The summed E-state index contributed by atoms with van der Waals surface area (Å²) in [5.41, 5.74) is 0.317. The fourth-order valence-corrected chi connectivity index (χ4v) is 3.14. The fourth-order valence-electron chi connectivity index (χ4n) is 1.47. The molecule has 0 aliphatic rings. The van der Waals surface area contributed by atoms with Gasteiger partial charge in [-0.05, 0) is 17.9 Å². The third-order valence-corrected chi connectivity index (χ3v) is 3.54. The van der Waals surface area contributed by atoms with Crippen molar-refractivity contribution in [1.82, 2.24) is 0 Å². The first-order valence-electron chi connectivity index (χ1n) is 4.20. The molecular formula is C10H15BrS. The van der Waals surface area contributed by atoms with Crippen LogP contribution in [0.25, 0.3) is 0 Å². The molecular weight excluding hydrogens is 232 g/mol. The molecule has 1 rings (SSSR count). The standard InChI is InChI=1S/C10H15BrS/c1-8(11)7-10(2,3)9-5-4-6-12-9/h4-6,8H,7H2,1-3H3. The molecule has 0 fully saturated rings. The minimum absolute atomic E-state index is 0.317. The van der Waals surface area contributed by atoms with E-state index in [1.807, 2.05) is 11.3 Å². The molecule has 2 heteroatoms. The SMILES string of the molecule is CC(Br)CC(C)(C)c1cccs1. The van der Waals surface area contributed by atoms with E-state index in [1.54, 1.807) is 0 Å². The van der Waals surface area contributed by atoms with E-state index in [1.165, 1.54) is 11.3 Å². The highest BCUT2D eigenvalue weighted by Crippen LogP contribution is 2.33. The Morgan fingerprint density at radius 2 is 2.25 bits per heavy atom. The van der Waals surface area contributed by atoms with Crippen LogP contribution in [0.2, 0.25) is 0 Å². The zero-order chi connectivity index (χ0) is 9.19. The molecule has 0 aliphatic carbocycles. The van der Waals surface area contributed by atoms with Crippen molar-refractivity contribution in [1.29, 1.82) is 0 Å². The lowest BCUT2D eigenvalue weighted by Gasteiger charge is -2.24. The molecule has 0 amide bonds. The van der Waals surface area contributed by atoms with Crippen LogP contribution >= 0.6 is 27.3 Å². The number of halogens is 1. The second kappa shape index (κ2) is 3.93. The van der Waals surface area contributed by atoms with Crippen LogP contribution in [0, 0.1) is 0 Å². The lowest BCUT2D eigenvalue weighted by Crippen LogP contribution is -2.19. The van der Waals surface area contributed by atoms with E-state index in [2.05, 4.69) is 54.2 Å². The van der Waals surface area contributed by atoms with E-state index in [-0.39, 0.29) is 0 Å². The monoisotopic (exact) mass is 246 g/mol. The van der Waals surface area contributed by atoms with E-state index >= 15 is 0 Å². The highest BCUT2D eigenvalue weighted by molar-refractivity contribution is 9.09. The summed E-state index contributed by atoms with van der Waals surface area (Å²) in [4.78, 5) is 2.07. The zero-order valence-corrected chi connectivity index (χ0v) is 10.2. The second-order valence-electron chi connectivity index (χ2n) is 3.85. The molecule has 0 bridgehead atoms. The summed E-state index contributed by atoms with van der Waals surface area (Å²) in [6.45, 7) is 6.81. The molecule has 1 heterocycles. The summed E-state index contributed by atoms with van der Waals surface area (Å²) >= 11 is 5.45. The second-order valence-corrected chi connectivity index (χ2v) is 6.36. The molecule has 1 atom stereocenters. The summed E-state index contributed by atoms with van der Waals surface area (Å²) in [6.07, 6.45) is 1.19. The number of thiophene rings is 1. The van der Waals surface area contributed by atoms with Gasteiger partial charge in [0.05, 0.1) is 0 Å². The molecule has 0 saturated heterocycles. The van der Waals surface area contributed by atoms with Crippen molar-refractivity contribution in [3.05, 3.63) is 22.4 Å². The van der Waals surface area contributed by atoms with E-state index in [0.29, 0.717) is 10.2 Å². The lowest BCUT2D eigenvalue weighted by molar-refractivity contribution is 0.492. The van der Waals surface area contributed by atoms with Gasteiger partial charge in [-0.15, -0.1) is 11.3 Å². The molecule has 0 aromatic carbocycles. The Morgan fingerprint density at radius 1 is 1.58 bits per heavy atom. The quantitative estimate of drug-likeness (QED) is 0.702. The summed E-state index contributed by atoms with van der Waals surface area (Å²) in [5.74, 6) is 0. The minimum Gasteiger partial charge on any atom is -0.148 e. The molecule has 1 aromatic rings. The van der Waals surface area contributed by atoms with Gasteiger partial charge < -0.3 is 0 Å². The summed E-state index contributed by atoms with van der Waals surface area (Å²) in [5, 5.41) is 2.15. The first-order valence-corrected chi connectivity index (χ1v) is 6.00. The highest BCUT2D eigenvalue weighted by atomic mass is 79.9. The fraction of sp³-hybridized carbons (Fsp3) is 0.600. The van der Waals surface area contributed by atoms with Crippen LogP contribution in [0.5, 0.6) is 0 Å². The summed E-state index contributed by atoms with van der Waals surface area (Å²) < 4.78 is 0. The zero-order valence-electron chi connectivity index (χ0n) is 7.80. The van der Waals surface area contributed by atoms with E-state index in [9.17, 15) is 0 Å². The van der Waals surface area contributed by atoms with Gasteiger partial charge in [0.15, 0.2) is 0 Å². The topological polar surface area (TPSA) is 0 Å². The van der Waals surface area contributed by atoms with Gasteiger partial charge in [0.2, 0.25) is 0 Å². The van der Waals surface area contributed by atoms with Crippen molar-refractivity contribution in [2.75, 3.05) is 0 Å². The van der Waals surface area contributed by atoms with Gasteiger partial charge in [-0.2, -0.15) is 0 Å². The first kappa shape index (κ1) is 10.3. The predicted octanol–water partition coefficient (Wildman–Crippen LogP) is 4.20. The van der Waals surface area contributed by atoms with Crippen molar-refractivity contribution in [2.45, 2.75) is 37.4 Å². The molecule has 12 heavy (non-hydrogen) atoms. The lowest BCUT2D eigenvalue weighted by atomic mass is 9.86. The number of hydrogen-bond donors (Lipinski definition) is 0. The van der Waals surface area contributed by atoms with Crippen molar-refractivity contribution in [3.8, 4) is 0 Å². The summed E-state index contributed by atoms with van der Waals surface area (Å²) in [7, 11) is 0. The van der Waals surface area contributed by atoms with Crippen LogP contribution in [0.4, 0.5) is 0 Å². The Hall–Kier alpha value is 0.180. The Kier molecular flexibility index (Phi) is 3.36. The van der Waals surface area contributed by atoms with Crippen molar-refractivity contribution in [2.24, 2.45) is 0 Å². The van der Waals surface area contributed by atoms with E-state index in [0.717, 1.165) is 0 Å². The maximum atomic E-state index is 3.60. The molecule has 0 radical (unpaired) electrons. The number of alkyl halides is 1. The van der Waals surface area contributed by atoms with Gasteiger partial charge in [-0.3, -0.25) is 0 Å². The van der Waals surface area contributed by atoms with Crippen LogP contribution in [0.1, 0.15) is 32.1 Å². The molecule has 0 spiro atoms. The van der Waals surface area contributed by atoms with E-state index in [4.69, 9.17) is 0 Å². The molecule has 68 valence electrons. The van der Waals surface area contributed by atoms with Gasteiger partial charge in [0, 0.05) is 15.1 Å². The van der Waals surface area contributed by atoms with Crippen molar-refractivity contribution in [3.63, 3.8) is 0 Å². The van der Waals surface area contributed by atoms with Crippen molar-refractivity contribution < 1.29 is 0 Å². The van der Waals surface area contributed by atoms with Crippen LogP contribution in [0.15, 0.2) is 17.5 Å². The van der Waals surface area contributed by atoms with Crippen LogP contribution in [-0.4, -0.2) is 4.83 Å². The average molecular weight is 247 g/mol. The largest absolute Gasteiger partial charge is 0.148 e. The van der Waals surface area contributed by atoms with Crippen LogP contribution in [-0.2, 0) is 5.41 Å². The van der Waals surface area contributed by atoms with E-state index < -0.39 is 0 Å². The van der Waals surface area contributed by atoms with Gasteiger partial charge in [-0.25, -0.2) is 0 Å². The molecule has 1 aromatic heterocycles. The Bertz CT molecular complexity index is 224. The first-order chi connectivity index (χ1) is 5.52. The molecule has 0 N–H and O–H groups in total. The summed E-state index contributed by atoms with van der Waals surface area (Å²) in [6, 6.07) is 4.35. The third kappa shape index (κ3) is 2.60. The maximum absolute atomic E-state index is 3.60. The van der Waals surface area contributed by atoms with Gasteiger partial charge >= 0.3 is 0 Å². The third-order valence-electron chi connectivity index (χ3n) is 1.98. The van der Waals surface area contributed by atoms with Crippen LogP contribution < -0.4 is 0 Å². The highest BCUT2D eigenvalue weighted by Gasteiger charge is 2.22. The molecule has 0 saturated carbocycles. The van der Waals surface area contributed by atoms with Crippen molar-refractivity contribution >= 4 is 27.3 Å². The minimum atomic E-state index is 0.317. The molecule has 0 aliphatic heterocycles. The normalized spacial score (nSPS) is 14.7. The van der Waals surface area contributed by atoms with Gasteiger partial charge in [-0.1, -0.05) is 42.8 Å². The smallest absolute Gasteiger partial charge is 0.0126 e. The van der Waals surface area contributed by atoms with Gasteiger partial charge in [0.25, 0.3) is 0 Å². The number of rotatable bonds is 3. The Balaban J connectivity index is 2.72. The molecule has 0 nitrogen and oxygen atoms in total. The maximum Gasteiger partial charge on any atom is 0.0126 e. The Labute approximate surface area is 87.1 Å². The Morgan fingerprint density at radius 3 is 2.67 bits per heavy atom. The number of hydrogen-bond acceptors (Lipinski definition) is 1. The molecule has 1 unspecified atom stereocenters. The van der Waals surface area contributed by atoms with Gasteiger partial charge in [0.1, 0.15) is 0 Å².